The molecule has 2 aliphatic rings. The first-order chi connectivity index (χ1) is 11.7. The largest absolute Gasteiger partial charge is 0.322 e. The molecule has 0 bridgehead atoms. The number of nitrogens with zero attached hydrogens (tertiary/aromatic N) is 3. The molecule has 2 aliphatic heterocycles. The maximum Gasteiger partial charge on any atom is 0.322 e. The number of benzene rings is 1. The van der Waals surface area contributed by atoms with E-state index in [4.69, 9.17) is 0 Å². The van der Waals surface area contributed by atoms with Crippen LogP contribution in [-0.2, 0) is 4.79 Å². The van der Waals surface area contributed by atoms with E-state index in [1.807, 2.05) is 42.5 Å². The Morgan fingerprint density at radius 2 is 1.92 bits per heavy atom. The fourth-order valence-electron chi connectivity index (χ4n) is 3.25. The van der Waals surface area contributed by atoms with E-state index in [0.29, 0.717) is 17.8 Å². The molecule has 4 rings (SSSR count). The summed E-state index contributed by atoms with van der Waals surface area (Å²) >= 11 is 0. The lowest BCUT2D eigenvalue weighted by Crippen LogP contribution is -2.45. The van der Waals surface area contributed by atoms with Crippen molar-refractivity contribution in [3.63, 3.8) is 0 Å². The summed E-state index contributed by atoms with van der Waals surface area (Å²) in [4.78, 5) is 32.7. The summed E-state index contributed by atoms with van der Waals surface area (Å²) in [5, 5.41) is 2.84. The van der Waals surface area contributed by atoms with E-state index in [1.54, 1.807) is 29.2 Å². The minimum Gasteiger partial charge on any atom is -0.316 e. The maximum absolute atomic E-state index is 13.0. The van der Waals surface area contributed by atoms with Gasteiger partial charge in [-0.1, -0.05) is 24.3 Å². The summed E-state index contributed by atoms with van der Waals surface area (Å²) in [6.45, 7) is 0.370. The van der Waals surface area contributed by atoms with Gasteiger partial charge in [-0.15, -0.1) is 0 Å². The van der Waals surface area contributed by atoms with Crippen molar-refractivity contribution in [2.24, 2.45) is 0 Å². The average Bonchev–Trinajstić information content (AvgIpc) is 2.94. The molecule has 0 radical (unpaired) electrons. The first-order valence-corrected chi connectivity index (χ1v) is 7.70. The van der Waals surface area contributed by atoms with Crippen LogP contribution >= 0.6 is 0 Å². The molecule has 24 heavy (non-hydrogen) atoms. The molecule has 3 amide bonds. The van der Waals surface area contributed by atoms with Gasteiger partial charge in [-0.05, 0) is 23.8 Å². The van der Waals surface area contributed by atoms with Gasteiger partial charge in [0.25, 0.3) is 5.91 Å². The van der Waals surface area contributed by atoms with Crippen LogP contribution in [0, 0.1) is 0 Å². The predicted molar refractivity (Wildman–Crippen MR) is 89.1 cm³/mol. The van der Waals surface area contributed by atoms with Crippen molar-refractivity contribution in [2.45, 2.75) is 6.04 Å². The summed E-state index contributed by atoms with van der Waals surface area (Å²) in [5.74, 6) is -0.0862. The fourth-order valence-corrected chi connectivity index (χ4v) is 3.25. The molecule has 0 fully saturated rings. The molecule has 6 nitrogen and oxygen atoms in total. The third-order valence-electron chi connectivity index (χ3n) is 4.42. The van der Waals surface area contributed by atoms with Crippen LogP contribution < -0.4 is 10.2 Å². The van der Waals surface area contributed by atoms with Gasteiger partial charge in [0.2, 0.25) is 0 Å². The SMILES string of the molecule is CN1C(=O)NC2=C(C(=O)N(c3ccccc3)C2)C1c1cccnc1. The number of carbonyl (C=O) groups excluding carboxylic acids is 2. The normalized spacial score (nSPS) is 20.3. The van der Waals surface area contributed by atoms with Crippen LogP contribution in [0.15, 0.2) is 66.1 Å². The Morgan fingerprint density at radius 3 is 2.62 bits per heavy atom. The molecule has 6 heteroatoms. The van der Waals surface area contributed by atoms with Crippen molar-refractivity contribution in [3.8, 4) is 0 Å². The molecule has 1 aromatic carbocycles. The van der Waals surface area contributed by atoms with Gasteiger partial charge in [0.05, 0.1) is 23.9 Å². The first-order valence-electron chi connectivity index (χ1n) is 7.70. The van der Waals surface area contributed by atoms with E-state index < -0.39 is 6.04 Å². The number of anilines is 1. The van der Waals surface area contributed by atoms with Crippen LogP contribution in [0.1, 0.15) is 11.6 Å². The zero-order chi connectivity index (χ0) is 16.7. The number of likely N-dealkylation sites (N-methyl/N-ethyl adjacent to an activating group) is 1. The summed E-state index contributed by atoms with van der Waals surface area (Å²) < 4.78 is 0. The second kappa shape index (κ2) is 5.49. The van der Waals surface area contributed by atoms with Crippen LogP contribution in [0.4, 0.5) is 10.5 Å². The summed E-state index contributed by atoms with van der Waals surface area (Å²) in [6.07, 6.45) is 3.37. The lowest BCUT2D eigenvalue weighted by Gasteiger charge is -2.33. The summed E-state index contributed by atoms with van der Waals surface area (Å²) in [6, 6.07) is 12.5. The monoisotopic (exact) mass is 320 g/mol. The van der Waals surface area contributed by atoms with Crippen LogP contribution in [0.2, 0.25) is 0 Å². The van der Waals surface area contributed by atoms with Gasteiger partial charge < -0.3 is 15.1 Å². The van der Waals surface area contributed by atoms with E-state index in [-0.39, 0.29) is 11.9 Å². The molecule has 120 valence electrons. The minimum atomic E-state index is -0.427. The molecule has 0 saturated carbocycles. The predicted octanol–water partition coefficient (Wildman–Crippen LogP) is 2.08. The molecule has 0 saturated heterocycles. The Hall–Kier alpha value is -3.15. The number of aromatic nitrogens is 1. The standard InChI is InChI=1S/C18H16N4O2/c1-21-16(12-6-5-9-19-10-12)15-14(20-18(21)24)11-22(17(15)23)13-7-3-2-4-8-13/h2-10,16H,11H2,1H3,(H,20,24). The van der Waals surface area contributed by atoms with Crippen LogP contribution in [0.25, 0.3) is 0 Å². The second-order valence-electron chi connectivity index (χ2n) is 5.85. The molecule has 1 aromatic heterocycles. The number of hydrogen-bond acceptors (Lipinski definition) is 3. The molecule has 1 N–H and O–H groups in total. The Kier molecular flexibility index (Phi) is 3.30. The topological polar surface area (TPSA) is 65.5 Å². The molecule has 1 atom stereocenters. The van der Waals surface area contributed by atoms with Gasteiger partial charge in [-0.25, -0.2) is 4.79 Å². The van der Waals surface area contributed by atoms with Gasteiger partial charge in [-0.2, -0.15) is 0 Å². The van der Waals surface area contributed by atoms with E-state index in [9.17, 15) is 9.59 Å². The lowest BCUT2D eigenvalue weighted by atomic mass is 9.96. The van der Waals surface area contributed by atoms with Crippen molar-refractivity contribution in [1.82, 2.24) is 15.2 Å². The van der Waals surface area contributed by atoms with E-state index in [2.05, 4.69) is 10.3 Å². The van der Waals surface area contributed by atoms with Crippen molar-refractivity contribution < 1.29 is 9.59 Å². The zero-order valence-corrected chi connectivity index (χ0v) is 13.1. The number of para-hydroxylation sites is 1. The molecule has 3 heterocycles. The van der Waals surface area contributed by atoms with Crippen LogP contribution in [0.5, 0.6) is 0 Å². The summed E-state index contributed by atoms with van der Waals surface area (Å²) in [7, 11) is 1.69. The van der Waals surface area contributed by atoms with Gasteiger partial charge >= 0.3 is 6.03 Å². The van der Waals surface area contributed by atoms with Gasteiger partial charge in [-0.3, -0.25) is 9.78 Å². The quantitative estimate of drug-likeness (QED) is 0.921. The zero-order valence-electron chi connectivity index (χ0n) is 13.1. The fraction of sp³-hybridized carbons (Fsp3) is 0.167. The van der Waals surface area contributed by atoms with Gasteiger partial charge in [0.15, 0.2) is 0 Å². The summed E-state index contributed by atoms with van der Waals surface area (Å²) in [5.41, 5.74) is 2.92. The molecule has 0 aliphatic carbocycles. The smallest absolute Gasteiger partial charge is 0.316 e. The molecule has 1 unspecified atom stereocenters. The van der Waals surface area contributed by atoms with E-state index in [0.717, 1.165) is 11.3 Å². The highest BCUT2D eigenvalue weighted by Gasteiger charge is 2.43. The van der Waals surface area contributed by atoms with Crippen molar-refractivity contribution in [1.29, 1.82) is 0 Å². The Labute approximate surface area is 139 Å². The average molecular weight is 320 g/mol. The van der Waals surface area contributed by atoms with Crippen molar-refractivity contribution >= 4 is 17.6 Å². The van der Waals surface area contributed by atoms with Gasteiger partial charge in [0, 0.05) is 25.1 Å². The highest BCUT2D eigenvalue weighted by molar-refractivity contribution is 6.11. The second-order valence-corrected chi connectivity index (χ2v) is 5.85. The third kappa shape index (κ3) is 2.15. The van der Waals surface area contributed by atoms with E-state index >= 15 is 0 Å². The lowest BCUT2D eigenvalue weighted by molar-refractivity contribution is -0.115. The third-order valence-corrected chi connectivity index (χ3v) is 4.42. The Morgan fingerprint density at radius 1 is 1.12 bits per heavy atom. The number of pyridine rings is 1. The number of amides is 3. The minimum absolute atomic E-state index is 0.0862. The molecular formula is C18H16N4O2. The van der Waals surface area contributed by atoms with E-state index in [1.165, 1.54) is 0 Å². The Balaban J connectivity index is 1.77. The number of hydrogen-bond donors (Lipinski definition) is 1. The number of carbonyl (C=O) groups is 2. The number of rotatable bonds is 2. The molecular weight excluding hydrogens is 304 g/mol. The van der Waals surface area contributed by atoms with Crippen molar-refractivity contribution in [2.75, 3.05) is 18.5 Å². The molecule has 0 spiro atoms. The number of urea groups is 1. The van der Waals surface area contributed by atoms with Crippen molar-refractivity contribution in [3.05, 3.63) is 71.7 Å². The van der Waals surface area contributed by atoms with Gasteiger partial charge in [0.1, 0.15) is 0 Å². The number of nitrogens with one attached hydrogen (secondary N) is 1. The Bertz CT molecular complexity index is 833. The highest BCUT2D eigenvalue weighted by Crippen LogP contribution is 2.38. The molecule has 2 aromatic rings. The van der Waals surface area contributed by atoms with Crippen LogP contribution in [0.3, 0.4) is 0 Å². The maximum atomic E-state index is 13.0. The van der Waals surface area contributed by atoms with Crippen LogP contribution in [-0.4, -0.2) is 35.4 Å². The highest BCUT2D eigenvalue weighted by atomic mass is 16.2. The first kappa shape index (κ1) is 14.4.